The number of benzene rings is 1. The number of halogens is 1. The fourth-order valence-corrected chi connectivity index (χ4v) is 3.54. The quantitative estimate of drug-likeness (QED) is 0.701. The van der Waals surface area contributed by atoms with Gasteiger partial charge in [0.2, 0.25) is 0 Å². The Hall–Kier alpha value is -3.55. The maximum absolute atomic E-state index is 13.0. The number of rotatable bonds is 5. The predicted molar refractivity (Wildman–Crippen MR) is 109 cm³/mol. The predicted octanol–water partition coefficient (Wildman–Crippen LogP) is 2.75. The molecule has 0 aliphatic carbocycles. The van der Waals surface area contributed by atoms with Gasteiger partial charge < -0.3 is 14.6 Å². The van der Waals surface area contributed by atoms with Gasteiger partial charge in [-0.3, -0.25) is 14.6 Å². The van der Waals surface area contributed by atoms with E-state index < -0.39 is 6.10 Å². The first-order chi connectivity index (χ1) is 14.5. The fourth-order valence-electron chi connectivity index (χ4n) is 3.54. The van der Waals surface area contributed by atoms with Crippen LogP contribution in [0.5, 0.6) is 5.75 Å². The normalized spacial score (nSPS) is 17.0. The number of aromatic nitrogens is 3. The Morgan fingerprint density at radius 3 is 2.80 bits per heavy atom. The molecule has 1 aliphatic heterocycles. The van der Waals surface area contributed by atoms with Crippen LogP contribution in [0.4, 0.5) is 4.39 Å². The maximum Gasteiger partial charge on any atom is 0.263 e. The van der Waals surface area contributed by atoms with Crippen LogP contribution in [0.15, 0.2) is 59.5 Å². The molecule has 0 radical (unpaired) electrons. The summed E-state index contributed by atoms with van der Waals surface area (Å²) in [6, 6.07) is 12.4. The Morgan fingerprint density at radius 1 is 1.27 bits per heavy atom. The van der Waals surface area contributed by atoms with Gasteiger partial charge in [0.05, 0.1) is 5.69 Å². The van der Waals surface area contributed by atoms with E-state index in [1.165, 1.54) is 30.3 Å². The molecule has 1 N–H and O–H groups in total. The van der Waals surface area contributed by atoms with Gasteiger partial charge >= 0.3 is 0 Å². The molecule has 0 spiro atoms. The number of hydrogen-bond donors (Lipinski definition) is 1. The first-order valence-electron chi connectivity index (χ1n) is 9.73. The van der Waals surface area contributed by atoms with Gasteiger partial charge in [0.1, 0.15) is 17.3 Å². The minimum absolute atomic E-state index is 0.0447. The molecule has 3 heterocycles. The van der Waals surface area contributed by atoms with Crippen molar-refractivity contribution in [1.29, 1.82) is 0 Å². The number of carbonyl (C=O) groups excluding carboxylic acids is 1. The Morgan fingerprint density at radius 2 is 2.07 bits per heavy atom. The van der Waals surface area contributed by atoms with Gasteiger partial charge in [0.25, 0.3) is 11.5 Å². The van der Waals surface area contributed by atoms with Crippen LogP contribution >= 0.6 is 0 Å². The second kappa shape index (κ2) is 8.44. The number of carbonyl (C=O) groups is 1. The van der Waals surface area contributed by atoms with E-state index in [9.17, 15) is 14.0 Å². The third-order valence-corrected chi connectivity index (χ3v) is 5.06. The van der Waals surface area contributed by atoms with Crippen molar-refractivity contribution in [3.63, 3.8) is 0 Å². The Kier molecular flexibility index (Phi) is 5.56. The molecule has 4 rings (SSSR count). The molecule has 0 saturated carbocycles. The summed E-state index contributed by atoms with van der Waals surface area (Å²) in [5, 5.41) is 0. The molecule has 2 aromatic heterocycles. The fraction of sp³-hybridized carbons (Fsp3) is 0.273. The average molecular weight is 408 g/mol. The SMILES string of the molecule is C[C@@H](Oc1ccc(F)cc1)C(=O)N1CC[C@H](c2cc(=O)[nH]c(-c3ccccn3)n2)C1. The standard InChI is InChI=1S/C22H21FN4O3/c1-14(30-17-7-5-16(23)6-8-17)22(29)27-11-9-15(13-27)19-12-20(28)26-21(25-19)18-4-2-3-10-24-18/h2-8,10,12,14-15H,9,11,13H2,1H3,(H,25,26,28)/t14-,15+/m1/s1. The number of aromatic amines is 1. The van der Waals surface area contributed by atoms with Gasteiger partial charge in [0, 0.05) is 31.3 Å². The summed E-state index contributed by atoms with van der Waals surface area (Å²) < 4.78 is 18.7. The summed E-state index contributed by atoms with van der Waals surface area (Å²) in [6.45, 7) is 2.67. The molecular weight excluding hydrogens is 387 g/mol. The molecule has 1 aliphatic rings. The molecule has 1 saturated heterocycles. The van der Waals surface area contributed by atoms with E-state index in [-0.39, 0.29) is 23.2 Å². The van der Waals surface area contributed by atoms with E-state index in [4.69, 9.17) is 4.74 Å². The topological polar surface area (TPSA) is 88.2 Å². The lowest BCUT2D eigenvalue weighted by molar-refractivity contribution is -0.136. The van der Waals surface area contributed by atoms with Crippen molar-refractivity contribution in [3.8, 4) is 17.3 Å². The number of nitrogens with zero attached hydrogens (tertiary/aromatic N) is 3. The molecular formula is C22H21FN4O3. The van der Waals surface area contributed by atoms with E-state index >= 15 is 0 Å². The van der Waals surface area contributed by atoms with Gasteiger partial charge in [-0.15, -0.1) is 0 Å². The van der Waals surface area contributed by atoms with Crippen LogP contribution in [0, 0.1) is 5.82 Å². The second-order valence-electron chi connectivity index (χ2n) is 7.22. The van der Waals surface area contributed by atoms with Gasteiger partial charge in [-0.1, -0.05) is 6.07 Å². The minimum atomic E-state index is -0.703. The molecule has 3 aromatic rings. The summed E-state index contributed by atoms with van der Waals surface area (Å²) >= 11 is 0. The first kappa shape index (κ1) is 19.8. The van der Waals surface area contributed by atoms with Crippen LogP contribution in [-0.2, 0) is 4.79 Å². The molecule has 1 amide bonds. The Balaban J connectivity index is 1.45. The lowest BCUT2D eigenvalue weighted by Gasteiger charge is -2.22. The van der Waals surface area contributed by atoms with Crippen molar-refractivity contribution in [1.82, 2.24) is 19.9 Å². The van der Waals surface area contributed by atoms with Crippen LogP contribution in [0.2, 0.25) is 0 Å². The monoisotopic (exact) mass is 408 g/mol. The van der Waals surface area contributed by atoms with Crippen molar-refractivity contribution < 1.29 is 13.9 Å². The van der Waals surface area contributed by atoms with Crippen molar-refractivity contribution in [2.24, 2.45) is 0 Å². The minimum Gasteiger partial charge on any atom is -0.481 e. The number of amides is 1. The maximum atomic E-state index is 13.0. The highest BCUT2D eigenvalue weighted by atomic mass is 19.1. The number of hydrogen-bond acceptors (Lipinski definition) is 5. The molecule has 1 fully saturated rings. The summed E-state index contributed by atoms with van der Waals surface area (Å²) in [7, 11) is 0. The number of nitrogens with one attached hydrogen (secondary N) is 1. The van der Waals surface area contributed by atoms with Gasteiger partial charge in [-0.25, -0.2) is 9.37 Å². The zero-order valence-electron chi connectivity index (χ0n) is 16.4. The second-order valence-corrected chi connectivity index (χ2v) is 7.22. The summed E-state index contributed by atoms with van der Waals surface area (Å²) in [5.74, 6) is 0.285. The molecule has 1 aromatic carbocycles. The summed E-state index contributed by atoms with van der Waals surface area (Å²) in [6.07, 6.45) is 1.64. The van der Waals surface area contributed by atoms with Crippen molar-refractivity contribution in [2.45, 2.75) is 25.4 Å². The van der Waals surface area contributed by atoms with Gasteiger partial charge in [-0.2, -0.15) is 0 Å². The molecule has 0 bridgehead atoms. The number of pyridine rings is 1. The van der Waals surface area contributed by atoms with Crippen molar-refractivity contribution in [2.75, 3.05) is 13.1 Å². The van der Waals surface area contributed by atoms with E-state index in [0.29, 0.717) is 42.5 Å². The lowest BCUT2D eigenvalue weighted by atomic mass is 10.0. The van der Waals surface area contributed by atoms with Gasteiger partial charge in [0.15, 0.2) is 11.9 Å². The Bertz CT molecular complexity index is 1090. The highest BCUT2D eigenvalue weighted by Gasteiger charge is 2.31. The van der Waals surface area contributed by atoms with E-state index in [0.717, 1.165) is 0 Å². The van der Waals surface area contributed by atoms with Crippen LogP contribution in [0.25, 0.3) is 11.5 Å². The van der Waals surface area contributed by atoms with Crippen LogP contribution in [0.3, 0.4) is 0 Å². The smallest absolute Gasteiger partial charge is 0.263 e. The zero-order chi connectivity index (χ0) is 21.1. The molecule has 154 valence electrons. The number of ether oxygens (including phenoxy) is 1. The lowest BCUT2D eigenvalue weighted by Crippen LogP contribution is -2.39. The van der Waals surface area contributed by atoms with E-state index in [2.05, 4.69) is 15.0 Å². The molecule has 30 heavy (non-hydrogen) atoms. The zero-order valence-corrected chi connectivity index (χ0v) is 16.4. The molecule has 0 unspecified atom stereocenters. The highest BCUT2D eigenvalue weighted by Crippen LogP contribution is 2.27. The third-order valence-electron chi connectivity index (χ3n) is 5.06. The van der Waals surface area contributed by atoms with Crippen LogP contribution < -0.4 is 10.3 Å². The summed E-state index contributed by atoms with van der Waals surface area (Å²) in [5.41, 5.74) is 0.976. The van der Waals surface area contributed by atoms with Crippen molar-refractivity contribution in [3.05, 3.63) is 76.6 Å². The van der Waals surface area contributed by atoms with Crippen molar-refractivity contribution >= 4 is 5.91 Å². The first-order valence-corrected chi connectivity index (χ1v) is 9.73. The van der Waals surface area contributed by atoms with E-state index in [1.807, 2.05) is 6.07 Å². The van der Waals surface area contributed by atoms with Gasteiger partial charge in [-0.05, 0) is 49.7 Å². The van der Waals surface area contributed by atoms with E-state index in [1.54, 1.807) is 30.2 Å². The largest absolute Gasteiger partial charge is 0.481 e. The highest BCUT2D eigenvalue weighted by molar-refractivity contribution is 5.81. The average Bonchev–Trinajstić information content (AvgIpc) is 3.25. The molecule has 2 atom stereocenters. The third kappa shape index (κ3) is 4.37. The molecule has 7 nitrogen and oxygen atoms in total. The summed E-state index contributed by atoms with van der Waals surface area (Å²) in [4.78, 5) is 38.2. The number of likely N-dealkylation sites (tertiary alicyclic amines) is 1. The Labute approximate surface area is 172 Å². The molecule has 8 heteroatoms. The number of H-pyrrole nitrogens is 1. The van der Waals surface area contributed by atoms with Crippen LogP contribution in [0.1, 0.15) is 25.0 Å². The van der Waals surface area contributed by atoms with Crippen LogP contribution in [-0.4, -0.2) is 45.0 Å².